The van der Waals surface area contributed by atoms with Gasteiger partial charge in [0.2, 0.25) is 5.91 Å². The van der Waals surface area contributed by atoms with Gasteiger partial charge in [-0.05, 0) is 18.2 Å². The molecule has 0 fully saturated rings. The monoisotopic (exact) mass is 192 g/mol. The Labute approximate surface area is 81.8 Å². The quantitative estimate of drug-likeness (QED) is 0.490. The molecule has 4 nitrogen and oxygen atoms in total. The number of anilines is 1. The third-order valence-electron chi connectivity index (χ3n) is 1.67. The van der Waals surface area contributed by atoms with Crippen LogP contribution in [0.4, 0.5) is 5.69 Å². The molecule has 0 heterocycles. The van der Waals surface area contributed by atoms with Crippen molar-refractivity contribution in [2.75, 3.05) is 5.73 Å². The Balaban J connectivity index is 2.80. The Hall–Kier alpha value is -1.97. The summed E-state index contributed by atoms with van der Waals surface area (Å²) in [5, 5.41) is 9.38. The first-order valence-corrected chi connectivity index (χ1v) is 4.13. The SMILES string of the molecule is NC(=O)CC=Cc1cc(N)ccc1O. The molecule has 0 saturated heterocycles. The van der Waals surface area contributed by atoms with Crippen molar-refractivity contribution in [2.45, 2.75) is 6.42 Å². The number of phenolic OH excluding ortho intramolecular Hbond substituents is 1. The summed E-state index contributed by atoms with van der Waals surface area (Å²) in [7, 11) is 0. The van der Waals surface area contributed by atoms with Crippen molar-refractivity contribution in [1.82, 2.24) is 0 Å². The fourth-order valence-electron chi connectivity index (χ4n) is 1.01. The van der Waals surface area contributed by atoms with Crippen LogP contribution in [0.15, 0.2) is 24.3 Å². The zero-order chi connectivity index (χ0) is 10.6. The van der Waals surface area contributed by atoms with Gasteiger partial charge in [0, 0.05) is 17.7 Å². The van der Waals surface area contributed by atoms with E-state index in [2.05, 4.69) is 0 Å². The molecule has 14 heavy (non-hydrogen) atoms. The van der Waals surface area contributed by atoms with E-state index in [4.69, 9.17) is 11.5 Å². The minimum Gasteiger partial charge on any atom is -0.507 e. The molecule has 0 atom stereocenters. The zero-order valence-electron chi connectivity index (χ0n) is 7.60. The van der Waals surface area contributed by atoms with Crippen LogP contribution in [0.2, 0.25) is 0 Å². The lowest BCUT2D eigenvalue weighted by Gasteiger charge is -1.99. The Kier molecular flexibility index (Phi) is 3.12. The molecular formula is C10H12N2O2. The van der Waals surface area contributed by atoms with Gasteiger partial charge in [0.15, 0.2) is 0 Å². The van der Waals surface area contributed by atoms with E-state index in [0.29, 0.717) is 11.3 Å². The van der Waals surface area contributed by atoms with E-state index in [1.54, 1.807) is 24.3 Å². The van der Waals surface area contributed by atoms with Gasteiger partial charge in [-0.1, -0.05) is 12.2 Å². The van der Waals surface area contributed by atoms with Crippen LogP contribution in [0.25, 0.3) is 6.08 Å². The van der Waals surface area contributed by atoms with Crippen LogP contribution in [0.5, 0.6) is 5.75 Å². The van der Waals surface area contributed by atoms with Crippen LogP contribution in [0, 0.1) is 0 Å². The number of primary amides is 1. The maximum absolute atomic E-state index is 10.4. The number of benzene rings is 1. The van der Waals surface area contributed by atoms with E-state index < -0.39 is 5.91 Å². The Morgan fingerprint density at radius 3 is 2.86 bits per heavy atom. The number of nitrogen functional groups attached to an aromatic ring is 1. The van der Waals surface area contributed by atoms with Crippen LogP contribution in [-0.2, 0) is 4.79 Å². The molecular weight excluding hydrogens is 180 g/mol. The number of nitrogens with two attached hydrogens (primary N) is 2. The van der Waals surface area contributed by atoms with Gasteiger partial charge in [0.25, 0.3) is 0 Å². The normalized spacial score (nSPS) is 10.6. The number of hydrogen-bond donors (Lipinski definition) is 3. The number of carbonyl (C=O) groups is 1. The highest BCUT2D eigenvalue weighted by molar-refractivity contribution is 5.77. The topological polar surface area (TPSA) is 89.3 Å². The van der Waals surface area contributed by atoms with Gasteiger partial charge in [0.1, 0.15) is 5.75 Å². The van der Waals surface area contributed by atoms with Crippen LogP contribution < -0.4 is 11.5 Å². The van der Waals surface area contributed by atoms with Crippen LogP contribution >= 0.6 is 0 Å². The lowest BCUT2D eigenvalue weighted by Crippen LogP contribution is -2.07. The molecule has 1 rings (SSSR count). The van der Waals surface area contributed by atoms with E-state index in [1.807, 2.05) is 0 Å². The Morgan fingerprint density at radius 1 is 1.50 bits per heavy atom. The second-order valence-electron chi connectivity index (χ2n) is 2.89. The first kappa shape index (κ1) is 10.1. The smallest absolute Gasteiger partial charge is 0.221 e. The maximum Gasteiger partial charge on any atom is 0.221 e. The maximum atomic E-state index is 10.4. The van der Waals surface area contributed by atoms with Crippen molar-refractivity contribution in [3.05, 3.63) is 29.8 Å². The van der Waals surface area contributed by atoms with E-state index in [1.165, 1.54) is 6.07 Å². The first-order chi connectivity index (χ1) is 6.59. The molecule has 0 aliphatic rings. The number of carbonyl (C=O) groups excluding carboxylic acids is 1. The summed E-state index contributed by atoms with van der Waals surface area (Å²) in [5.41, 5.74) is 11.6. The van der Waals surface area contributed by atoms with Gasteiger partial charge in [0.05, 0.1) is 0 Å². The van der Waals surface area contributed by atoms with Crippen LogP contribution in [-0.4, -0.2) is 11.0 Å². The number of amides is 1. The van der Waals surface area contributed by atoms with Gasteiger partial charge in [-0.15, -0.1) is 0 Å². The van der Waals surface area contributed by atoms with Gasteiger partial charge in [-0.25, -0.2) is 0 Å². The molecule has 0 aliphatic heterocycles. The summed E-state index contributed by atoms with van der Waals surface area (Å²) in [5.74, 6) is -0.287. The fraction of sp³-hybridized carbons (Fsp3) is 0.100. The lowest BCUT2D eigenvalue weighted by molar-refractivity contribution is -0.117. The molecule has 0 aromatic heterocycles. The number of hydrogen-bond acceptors (Lipinski definition) is 3. The summed E-state index contributed by atoms with van der Waals surface area (Å²) in [6, 6.07) is 4.72. The molecule has 0 spiro atoms. The van der Waals surface area contributed by atoms with E-state index >= 15 is 0 Å². The molecule has 1 amide bonds. The molecule has 0 aliphatic carbocycles. The minimum absolute atomic E-state index is 0.125. The highest BCUT2D eigenvalue weighted by Gasteiger charge is 1.97. The Bertz CT molecular complexity index is 372. The molecule has 1 aromatic rings. The average Bonchev–Trinajstić information content (AvgIpc) is 2.10. The zero-order valence-corrected chi connectivity index (χ0v) is 7.60. The van der Waals surface area contributed by atoms with Gasteiger partial charge in [-0.2, -0.15) is 0 Å². The van der Waals surface area contributed by atoms with Gasteiger partial charge >= 0.3 is 0 Å². The summed E-state index contributed by atoms with van der Waals surface area (Å²) in [4.78, 5) is 10.4. The largest absolute Gasteiger partial charge is 0.507 e. The van der Waals surface area contributed by atoms with E-state index in [0.717, 1.165) is 0 Å². The highest BCUT2D eigenvalue weighted by Crippen LogP contribution is 2.20. The van der Waals surface area contributed by atoms with Gasteiger partial charge in [-0.3, -0.25) is 4.79 Å². The predicted octanol–water partition coefficient (Wildman–Crippen LogP) is 0.863. The number of phenols is 1. The molecule has 0 bridgehead atoms. The molecule has 0 radical (unpaired) electrons. The summed E-state index contributed by atoms with van der Waals surface area (Å²) in [6.07, 6.45) is 3.33. The lowest BCUT2D eigenvalue weighted by atomic mass is 10.1. The predicted molar refractivity (Wildman–Crippen MR) is 55.4 cm³/mol. The standard InChI is InChI=1S/C10H12N2O2/c11-8-4-5-9(13)7(6-8)2-1-3-10(12)14/h1-2,4-6,13H,3,11H2,(H2,12,14). The van der Waals surface area contributed by atoms with Crippen molar-refractivity contribution in [3.8, 4) is 5.75 Å². The van der Waals surface area contributed by atoms with Gasteiger partial charge < -0.3 is 16.6 Å². The molecule has 0 saturated carbocycles. The molecule has 74 valence electrons. The summed E-state index contributed by atoms with van der Waals surface area (Å²) in [6.45, 7) is 0. The fourth-order valence-corrected chi connectivity index (χ4v) is 1.01. The molecule has 5 N–H and O–H groups in total. The van der Waals surface area contributed by atoms with Crippen molar-refractivity contribution >= 4 is 17.7 Å². The minimum atomic E-state index is -0.412. The molecule has 0 unspecified atom stereocenters. The van der Waals surface area contributed by atoms with Crippen molar-refractivity contribution in [3.63, 3.8) is 0 Å². The Morgan fingerprint density at radius 2 is 2.21 bits per heavy atom. The second kappa shape index (κ2) is 4.32. The number of aromatic hydroxyl groups is 1. The van der Waals surface area contributed by atoms with Crippen molar-refractivity contribution in [1.29, 1.82) is 0 Å². The highest BCUT2D eigenvalue weighted by atomic mass is 16.3. The van der Waals surface area contributed by atoms with E-state index in [-0.39, 0.29) is 12.2 Å². The second-order valence-corrected chi connectivity index (χ2v) is 2.89. The summed E-state index contributed by atoms with van der Waals surface area (Å²) < 4.78 is 0. The van der Waals surface area contributed by atoms with Crippen LogP contribution in [0.1, 0.15) is 12.0 Å². The van der Waals surface area contributed by atoms with Crippen molar-refractivity contribution < 1.29 is 9.90 Å². The average molecular weight is 192 g/mol. The third kappa shape index (κ3) is 2.82. The third-order valence-corrected chi connectivity index (χ3v) is 1.67. The van der Waals surface area contributed by atoms with E-state index in [9.17, 15) is 9.90 Å². The molecule has 1 aromatic carbocycles. The molecule has 4 heteroatoms. The van der Waals surface area contributed by atoms with Crippen LogP contribution in [0.3, 0.4) is 0 Å². The summed E-state index contributed by atoms with van der Waals surface area (Å²) >= 11 is 0. The first-order valence-electron chi connectivity index (χ1n) is 4.13. The number of rotatable bonds is 3. The van der Waals surface area contributed by atoms with Crippen molar-refractivity contribution in [2.24, 2.45) is 5.73 Å².